The highest BCUT2D eigenvalue weighted by atomic mass is 16.5. The molecule has 3 nitrogen and oxygen atoms in total. The van der Waals surface area contributed by atoms with Crippen LogP contribution in [0.3, 0.4) is 0 Å². The van der Waals surface area contributed by atoms with Gasteiger partial charge in [-0.25, -0.2) is 0 Å². The molecule has 0 saturated carbocycles. The van der Waals surface area contributed by atoms with E-state index in [9.17, 15) is 0 Å². The fraction of sp³-hybridized carbons (Fsp3) is 0.333. The number of hydrogen-bond donors (Lipinski definition) is 1. The highest BCUT2D eigenvalue weighted by Gasteiger charge is 2.00. The lowest BCUT2D eigenvalue weighted by Crippen LogP contribution is -2.05. The van der Waals surface area contributed by atoms with Gasteiger partial charge in [0.05, 0.1) is 19.4 Å². The highest BCUT2D eigenvalue weighted by molar-refractivity contribution is 5.48. The predicted octanol–water partition coefficient (Wildman–Crippen LogP) is 3.93. The van der Waals surface area contributed by atoms with E-state index >= 15 is 0 Å². The van der Waals surface area contributed by atoms with Crippen molar-refractivity contribution >= 4 is 5.69 Å². The molecule has 0 radical (unpaired) electrons. The maximum atomic E-state index is 5.68. The first kappa shape index (κ1) is 12.6. The van der Waals surface area contributed by atoms with Crippen molar-refractivity contribution in [3.8, 4) is 5.75 Å². The van der Waals surface area contributed by atoms with Gasteiger partial charge in [-0.15, -0.1) is 0 Å². The Morgan fingerprint density at radius 2 is 2.11 bits per heavy atom. The lowest BCUT2D eigenvalue weighted by molar-refractivity contribution is 0.271. The topological polar surface area (TPSA) is 34.4 Å². The van der Waals surface area contributed by atoms with Crippen LogP contribution in [0.4, 0.5) is 5.69 Å². The van der Waals surface area contributed by atoms with E-state index in [1.165, 1.54) is 0 Å². The van der Waals surface area contributed by atoms with Crippen molar-refractivity contribution in [2.75, 3.05) is 11.9 Å². The third-order valence-corrected chi connectivity index (χ3v) is 2.46. The van der Waals surface area contributed by atoms with Crippen molar-refractivity contribution in [3.05, 3.63) is 48.4 Å². The molecular weight excluding hydrogens is 226 g/mol. The normalized spacial score (nSPS) is 10.6. The number of rotatable bonds is 6. The Balaban J connectivity index is 1.90. The number of ether oxygens (including phenoxy) is 1. The molecule has 0 bridgehead atoms. The van der Waals surface area contributed by atoms with Gasteiger partial charge in [0, 0.05) is 11.8 Å². The summed E-state index contributed by atoms with van der Waals surface area (Å²) in [7, 11) is 0. The maximum absolute atomic E-state index is 5.68. The number of anilines is 1. The van der Waals surface area contributed by atoms with E-state index in [1.807, 2.05) is 36.4 Å². The van der Waals surface area contributed by atoms with Crippen molar-refractivity contribution < 1.29 is 9.15 Å². The molecule has 0 amide bonds. The molecule has 1 aromatic carbocycles. The Morgan fingerprint density at radius 1 is 1.22 bits per heavy atom. The third kappa shape index (κ3) is 3.84. The lowest BCUT2D eigenvalue weighted by Gasteiger charge is -2.10. The fourth-order valence-corrected chi connectivity index (χ4v) is 1.56. The van der Waals surface area contributed by atoms with Crippen molar-refractivity contribution in [2.24, 2.45) is 5.92 Å². The summed E-state index contributed by atoms with van der Waals surface area (Å²) in [5.74, 6) is 2.35. The van der Waals surface area contributed by atoms with Gasteiger partial charge in [-0.2, -0.15) is 0 Å². The van der Waals surface area contributed by atoms with Crippen molar-refractivity contribution in [1.29, 1.82) is 0 Å². The summed E-state index contributed by atoms with van der Waals surface area (Å²) >= 11 is 0. The van der Waals surface area contributed by atoms with Crippen LogP contribution in [0.1, 0.15) is 19.6 Å². The third-order valence-electron chi connectivity index (χ3n) is 2.46. The van der Waals surface area contributed by atoms with Gasteiger partial charge < -0.3 is 14.5 Å². The smallest absolute Gasteiger partial charge is 0.122 e. The Hall–Kier alpha value is -1.90. The molecule has 18 heavy (non-hydrogen) atoms. The van der Waals surface area contributed by atoms with Crippen LogP contribution in [0, 0.1) is 5.92 Å². The van der Waals surface area contributed by atoms with Gasteiger partial charge in [-0.3, -0.25) is 0 Å². The Labute approximate surface area is 108 Å². The Kier molecular flexibility index (Phi) is 4.29. The molecule has 96 valence electrons. The molecule has 1 N–H and O–H groups in total. The number of benzene rings is 1. The minimum atomic E-state index is 0.532. The molecule has 2 rings (SSSR count). The van der Waals surface area contributed by atoms with Crippen molar-refractivity contribution in [2.45, 2.75) is 20.4 Å². The van der Waals surface area contributed by atoms with E-state index < -0.39 is 0 Å². The Bertz CT molecular complexity index is 463. The first-order chi connectivity index (χ1) is 8.74. The minimum Gasteiger partial charge on any atom is -0.493 e. The van der Waals surface area contributed by atoms with E-state index in [-0.39, 0.29) is 0 Å². The molecule has 1 heterocycles. The Morgan fingerprint density at radius 3 is 2.83 bits per heavy atom. The highest BCUT2D eigenvalue weighted by Crippen LogP contribution is 2.18. The van der Waals surface area contributed by atoms with E-state index in [0.717, 1.165) is 23.8 Å². The molecule has 0 spiro atoms. The monoisotopic (exact) mass is 245 g/mol. The molecule has 3 heteroatoms. The number of nitrogens with one attached hydrogen (secondary N) is 1. The van der Waals surface area contributed by atoms with Gasteiger partial charge in [0.25, 0.3) is 0 Å². The first-order valence-corrected chi connectivity index (χ1v) is 6.23. The van der Waals surface area contributed by atoms with Crippen LogP contribution in [0.5, 0.6) is 5.75 Å². The van der Waals surface area contributed by atoms with Gasteiger partial charge in [0.2, 0.25) is 0 Å². The van der Waals surface area contributed by atoms with Crippen LogP contribution in [0.15, 0.2) is 47.1 Å². The molecule has 0 saturated heterocycles. The summed E-state index contributed by atoms with van der Waals surface area (Å²) < 4.78 is 11.0. The van der Waals surface area contributed by atoms with Crippen LogP contribution in [-0.2, 0) is 6.54 Å². The maximum Gasteiger partial charge on any atom is 0.122 e. The minimum absolute atomic E-state index is 0.532. The fourth-order valence-electron chi connectivity index (χ4n) is 1.56. The number of hydrogen-bond acceptors (Lipinski definition) is 3. The standard InChI is InChI=1S/C15H19NO2/c1-12(2)11-18-14-6-3-5-13(9-14)16-10-15-7-4-8-17-15/h3-9,12,16H,10-11H2,1-2H3. The average Bonchev–Trinajstić information content (AvgIpc) is 2.87. The summed E-state index contributed by atoms with van der Waals surface area (Å²) in [6.45, 7) is 5.69. The van der Waals surface area contributed by atoms with E-state index in [2.05, 4.69) is 19.2 Å². The summed E-state index contributed by atoms with van der Waals surface area (Å²) in [4.78, 5) is 0. The summed E-state index contributed by atoms with van der Waals surface area (Å²) in [5, 5.41) is 3.30. The second kappa shape index (κ2) is 6.15. The van der Waals surface area contributed by atoms with E-state index in [1.54, 1.807) is 6.26 Å². The van der Waals surface area contributed by atoms with Crippen molar-refractivity contribution in [3.63, 3.8) is 0 Å². The summed E-state index contributed by atoms with van der Waals surface area (Å²) in [6, 6.07) is 11.8. The molecule has 0 atom stereocenters. The van der Waals surface area contributed by atoms with Crippen molar-refractivity contribution in [1.82, 2.24) is 0 Å². The van der Waals surface area contributed by atoms with Gasteiger partial charge in [0.15, 0.2) is 0 Å². The van der Waals surface area contributed by atoms with Crippen LogP contribution in [0.2, 0.25) is 0 Å². The zero-order valence-electron chi connectivity index (χ0n) is 10.8. The quantitative estimate of drug-likeness (QED) is 0.837. The SMILES string of the molecule is CC(C)COc1cccc(NCc2ccco2)c1. The molecule has 0 aliphatic heterocycles. The van der Waals surface area contributed by atoms with Crippen LogP contribution >= 0.6 is 0 Å². The second-order valence-electron chi connectivity index (χ2n) is 4.67. The molecule has 0 fully saturated rings. The molecular formula is C15H19NO2. The second-order valence-corrected chi connectivity index (χ2v) is 4.67. The zero-order valence-corrected chi connectivity index (χ0v) is 10.8. The summed E-state index contributed by atoms with van der Waals surface area (Å²) in [5.41, 5.74) is 1.03. The predicted molar refractivity (Wildman–Crippen MR) is 72.8 cm³/mol. The summed E-state index contributed by atoms with van der Waals surface area (Å²) in [6.07, 6.45) is 1.68. The lowest BCUT2D eigenvalue weighted by atomic mass is 10.2. The average molecular weight is 245 g/mol. The molecule has 0 unspecified atom stereocenters. The first-order valence-electron chi connectivity index (χ1n) is 6.23. The van der Waals surface area contributed by atoms with Gasteiger partial charge in [0.1, 0.15) is 11.5 Å². The molecule has 2 aromatic rings. The van der Waals surface area contributed by atoms with Gasteiger partial charge in [-0.1, -0.05) is 19.9 Å². The van der Waals surface area contributed by atoms with E-state index in [0.29, 0.717) is 12.5 Å². The largest absolute Gasteiger partial charge is 0.493 e. The number of furan rings is 1. The van der Waals surface area contributed by atoms with Crippen LogP contribution in [0.25, 0.3) is 0 Å². The zero-order chi connectivity index (χ0) is 12.8. The van der Waals surface area contributed by atoms with Gasteiger partial charge in [-0.05, 0) is 30.2 Å². The molecule has 1 aromatic heterocycles. The van der Waals surface area contributed by atoms with Gasteiger partial charge >= 0.3 is 0 Å². The van der Waals surface area contributed by atoms with Crippen LogP contribution in [-0.4, -0.2) is 6.61 Å². The molecule has 0 aliphatic carbocycles. The molecule has 0 aliphatic rings. The van der Waals surface area contributed by atoms with E-state index in [4.69, 9.17) is 9.15 Å². The van der Waals surface area contributed by atoms with Crippen LogP contribution < -0.4 is 10.1 Å².